The van der Waals surface area contributed by atoms with Gasteiger partial charge in [-0.3, -0.25) is 0 Å². The zero-order valence-corrected chi connectivity index (χ0v) is 13.5. The average Bonchev–Trinajstić information content (AvgIpc) is 2.43. The Morgan fingerprint density at radius 3 is 2.75 bits per heavy atom. The molecule has 0 aliphatic rings. The maximum Gasteiger partial charge on any atom is 0.131 e. The van der Waals surface area contributed by atoms with Gasteiger partial charge < -0.3 is 10.5 Å². The van der Waals surface area contributed by atoms with Crippen molar-refractivity contribution in [2.45, 2.75) is 32.7 Å². The highest BCUT2D eigenvalue weighted by Gasteiger charge is 2.05. The smallest absolute Gasteiger partial charge is 0.131 e. The van der Waals surface area contributed by atoms with Crippen molar-refractivity contribution in [3.8, 4) is 11.5 Å². The Morgan fingerprint density at radius 1 is 1.20 bits per heavy atom. The standard InChI is InChI=1S/C17H20BrNO/c1-3-15(19)9-13-5-4-6-16(10-13)20-17-11-14(18)8-7-12(17)2/h4-8,10-11,15H,3,9,19H2,1-2H3. The van der Waals surface area contributed by atoms with Crippen molar-refractivity contribution in [1.29, 1.82) is 0 Å². The van der Waals surface area contributed by atoms with Crippen molar-refractivity contribution < 1.29 is 4.74 Å². The van der Waals surface area contributed by atoms with Gasteiger partial charge in [0, 0.05) is 10.5 Å². The summed E-state index contributed by atoms with van der Waals surface area (Å²) in [7, 11) is 0. The molecule has 2 aromatic carbocycles. The summed E-state index contributed by atoms with van der Waals surface area (Å²) in [5.74, 6) is 1.73. The Hall–Kier alpha value is -1.32. The lowest BCUT2D eigenvalue weighted by atomic mass is 10.0. The minimum absolute atomic E-state index is 0.206. The summed E-state index contributed by atoms with van der Waals surface area (Å²) in [6.07, 6.45) is 1.86. The summed E-state index contributed by atoms with van der Waals surface area (Å²) in [5.41, 5.74) is 8.33. The van der Waals surface area contributed by atoms with Gasteiger partial charge in [0.2, 0.25) is 0 Å². The molecule has 2 rings (SSSR count). The van der Waals surface area contributed by atoms with E-state index in [1.54, 1.807) is 0 Å². The molecule has 0 spiro atoms. The van der Waals surface area contributed by atoms with Crippen molar-refractivity contribution in [1.82, 2.24) is 0 Å². The molecule has 0 heterocycles. The van der Waals surface area contributed by atoms with Gasteiger partial charge in [-0.05, 0) is 55.2 Å². The Balaban J connectivity index is 2.17. The van der Waals surface area contributed by atoms with E-state index >= 15 is 0 Å². The topological polar surface area (TPSA) is 35.2 Å². The van der Waals surface area contributed by atoms with Crippen LogP contribution in [0, 0.1) is 6.92 Å². The van der Waals surface area contributed by atoms with E-state index in [2.05, 4.69) is 35.0 Å². The highest BCUT2D eigenvalue weighted by molar-refractivity contribution is 9.10. The number of halogens is 1. The lowest BCUT2D eigenvalue weighted by molar-refractivity contribution is 0.477. The van der Waals surface area contributed by atoms with E-state index in [-0.39, 0.29) is 6.04 Å². The van der Waals surface area contributed by atoms with Crippen LogP contribution >= 0.6 is 15.9 Å². The predicted octanol–water partition coefficient (Wildman–Crippen LogP) is 4.83. The number of hydrogen-bond acceptors (Lipinski definition) is 2. The van der Waals surface area contributed by atoms with Crippen LogP contribution in [-0.4, -0.2) is 6.04 Å². The minimum Gasteiger partial charge on any atom is -0.457 e. The molecule has 0 aliphatic carbocycles. The van der Waals surface area contributed by atoms with Crippen LogP contribution in [-0.2, 0) is 6.42 Å². The fourth-order valence-electron chi connectivity index (χ4n) is 1.99. The first-order chi connectivity index (χ1) is 9.58. The first-order valence-corrected chi connectivity index (χ1v) is 7.66. The van der Waals surface area contributed by atoms with E-state index in [9.17, 15) is 0 Å². The van der Waals surface area contributed by atoms with Gasteiger partial charge in [-0.25, -0.2) is 0 Å². The Morgan fingerprint density at radius 2 is 2.00 bits per heavy atom. The van der Waals surface area contributed by atoms with E-state index in [1.807, 2.05) is 37.3 Å². The number of ether oxygens (including phenoxy) is 1. The van der Waals surface area contributed by atoms with Crippen molar-refractivity contribution in [2.75, 3.05) is 0 Å². The van der Waals surface area contributed by atoms with Crippen LogP contribution in [0.5, 0.6) is 11.5 Å². The zero-order valence-electron chi connectivity index (χ0n) is 11.9. The summed E-state index contributed by atoms with van der Waals surface area (Å²) in [6, 6.07) is 14.4. The molecule has 2 N–H and O–H groups in total. The van der Waals surface area contributed by atoms with Gasteiger partial charge in [-0.15, -0.1) is 0 Å². The average molecular weight is 334 g/mol. The summed E-state index contributed by atoms with van der Waals surface area (Å²) in [5, 5.41) is 0. The molecule has 2 aromatic rings. The third-order valence-corrected chi connectivity index (χ3v) is 3.79. The monoisotopic (exact) mass is 333 g/mol. The Bertz CT molecular complexity index is 583. The normalized spacial score (nSPS) is 12.2. The molecule has 0 saturated heterocycles. The molecule has 2 nitrogen and oxygen atoms in total. The number of hydrogen-bond donors (Lipinski definition) is 1. The van der Waals surface area contributed by atoms with Gasteiger partial charge in [0.15, 0.2) is 0 Å². The van der Waals surface area contributed by atoms with Gasteiger partial charge in [0.25, 0.3) is 0 Å². The van der Waals surface area contributed by atoms with Crippen LogP contribution in [0.1, 0.15) is 24.5 Å². The second-order valence-electron chi connectivity index (χ2n) is 5.03. The zero-order chi connectivity index (χ0) is 14.5. The van der Waals surface area contributed by atoms with Crippen molar-refractivity contribution >= 4 is 15.9 Å². The maximum absolute atomic E-state index is 6.00. The summed E-state index contributed by atoms with van der Waals surface area (Å²) in [4.78, 5) is 0. The summed E-state index contributed by atoms with van der Waals surface area (Å²) >= 11 is 3.47. The van der Waals surface area contributed by atoms with Crippen molar-refractivity contribution in [3.63, 3.8) is 0 Å². The number of aryl methyl sites for hydroxylation is 1. The molecule has 0 aliphatic heterocycles. The third kappa shape index (κ3) is 4.09. The van der Waals surface area contributed by atoms with Crippen LogP contribution in [0.2, 0.25) is 0 Å². The maximum atomic E-state index is 6.00. The Labute approximate surface area is 129 Å². The highest BCUT2D eigenvalue weighted by Crippen LogP contribution is 2.28. The molecule has 0 fully saturated rings. The van der Waals surface area contributed by atoms with Crippen molar-refractivity contribution in [3.05, 3.63) is 58.1 Å². The highest BCUT2D eigenvalue weighted by atomic mass is 79.9. The van der Waals surface area contributed by atoms with Crippen LogP contribution in [0.4, 0.5) is 0 Å². The molecule has 0 bridgehead atoms. The second kappa shape index (κ2) is 6.91. The third-order valence-electron chi connectivity index (χ3n) is 3.30. The minimum atomic E-state index is 0.206. The van der Waals surface area contributed by atoms with Gasteiger partial charge in [0.1, 0.15) is 11.5 Å². The number of rotatable bonds is 5. The van der Waals surface area contributed by atoms with Gasteiger partial charge in [-0.2, -0.15) is 0 Å². The quantitative estimate of drug-likeness (QED) is 0.850. The molecule has 106 valence electrons. The van der Waals surface area contributed by atoms with Crippen molar-refractivity contribution in [2.24, 2.45) is 5.73 Å². The predicted molar refractivity (Wildman–Crippen MR) is 87.4 cm³/mol. The number of nitrogens with two attached hydrogens (primary N) is 1. The second-order valence-corrected chi connectivity index (χ2v) is 5.95. The van der Waals surface area contributed by atoms with E-state index in [0.29, 0.717) is 0 Å². The van der Waals surface area contributed by atoms with Crippen LogP contribution < -0.4 is 10.5 Å². The molecule has 3 heteroatoms. The molecule has 1 unspecified atom stereocenters. The largest absolute Gasteiger partial charge is 0.457 e. The first kappa shape index (κ1) is 15.1. The van der Waals surface area contributed by atoms with Gasteiger partial charge in [-0.1, -0.05) is 41.1 Å². The van der Waals surface area contributed by atoms with Crippen LogP contribution in [0.3, 0.4) is 0 Å². The molecule has 20 heavy (non-hydrogen) atoms. The van der Waals surface area contributed by atoms with Gasteiger partial charge in [0.05, 0.1) is 0 Å². The van der Waals surface area contributed by atoms with E-state index in [4.69, 9.17) is 10.5 Å². The molecular weight excluding hydrogens is 314 g/mol. The number of benzene rings is 2. The van der Waals surface area contributed by atoms with Crippen LogP contribution in [0.25, 0.3) is 0 Å². The molecule has 0 saturated carbocycles. The molecule has 0 radical (unpaired) electrons. The van der Waals surface area contributed by atoms with E-state index in [1.165, 1.54) is 5.56 Å². The lowest BCUT2D eigenvalue weighted by Gasteiger charge is -2.12. The van der Waals surface area contributed by atoms with E-state index < -0.39 is 0 Å². The summed E-state index contributed by atoms with van der Waals surface area (Å²) in [6.45, 7) is 4.15. The molecule has 0 aromatic heterocycles. The van der Waals surface area contributed by atoms with Crippen LogP contribution in [0.15, 0.2) is 46.9 Å². The SMILES string of the molecule is CCC(N)Cc1cccc(Oc2cc(Br)ccc2C)c1. The molecule has 0 amide bonds. The van der Waals surface area contributed by atoms with Gasteiger partial charge >= 0.3 is 0 Å². The molecule has 1 atom stereocenters. The first-order valence-electron chi connectivity index (χ1n) is 6.87. The lowest BCUT2D eigenvalue weighted by Crippen LogP contribution is -2.21. The summed E-state index contributed by atoms with van der Waals surface area (Å²) < 4.78 is 6.99. The van der Waals surface area contributed by atoms with E-state index in [0.717, 1.165) is 34.4 Å². The Kier molecular flexibility index (Phi) is 5.21. The fraction of sp³-hybridized carbons (Fsp3) is 0.294. The fourth-order valence-corrected chi connectivity index (χ4v) is 2.33. The molecular formula is C17H20BrNO.